The molecular weight excluding hydrogens is 308 g/mol. The van der Waals surface area contributed by atoms with E-state index in [1.807, 2.05) is 6.08 Å². The maximum absolute atomic E-state index is 9.68. The zero-order valence-corrected chi connectivity index (χ0v) is 12.4. The smallest absolute Gasteiger partial charge is 0.170 e. The van der Waals surface area contributed by atoms with Gasteiger partial charge in [0.1, 0.15) is 22.9 Å². The van der Waals surface area contributed by atoms with Crippen LogP contribution in [-0.4, -0.2) is 30.8 Å². The lowest BCUT2D eigenvalue weighted by atomic mass is 9.93. The number of hydrogen-bond acceptors (Lipinski definition) is 7. The van der Waals surface area contributed by atoms with Gasteiger partial charge in [-0.05, 0) is 46.3 Å². The first-order chi connectivity index (χ1) is 11.7. The van der Waals surface area contributed by atoms with Gasteiger partial charge in [-0.2, -0.15) is 0 Å². The van der Waals surface area contributed by atoms with Gasteiger partial charge in [0.15, 0.2) is 6.10 Å². The summed E-state index contributed by atoms with van der Waals surface area (Å²) in [4.78, 5) is 0. The number of nitrogens with zero attached hydrogens (tertiary/aromatic N) is 4. The molecule has 3 aromatic rings. The van der Waals surface area contributed by atoms with Crippen molar-refractivity contribution >= 4 is 11.6 Å². The van der Waals surface area contributed by atoms with E-state index in [-0.39, 0.29) is 11.5 Å². The molecule has 1 aromatic heterocycles. The van der Waals surface area contributed by atoms with E-state index in [0.29, 0.717) is 11.4 Å². The first-order valence-corrected chi connectivity index (χ1v) is 7.22. The van der Waals surface area contributed by atoms with Gasteiger partial charge >= 0.3 is 0 Å². The average molecular weight is 320 g/mol. The molecule has 0 amide bonds. The topological polar surface area (TPSA) is 101 Å². The van der Waals surface area contributed by atoms with E-state index in [9.17, 15) is 10.2 Å². The van der Waals surface area contributed by atoms with Gasteiger partial charge in [-0.1, -0.05) is 12.1 Å². The molecule has 4 rings (SSSR count). The summed E-state index contributed by atoms with van der Waals surface area (Å²) < 4.78 is 6.04. The number of phenolic OH excluding ortho intramolecular Hbond substituents is 2. The third-order valence-corrected chi connectivity index (χ3v) is 3.75. The van der Waals surface area contributed by atoms with Crippen molar-refractivity contribution in [2.75, 3.05) is 0 Å². The van der Waals surface area contributed by atoms with Crippen molar-refractivity contribution in [3.63, 3.8) is 0 Å². The maximum atomic E-state index is 9.68. The van der Waals surface area contributed by atoms with Gasteiger partial charge in [-0.3, -0.25) is 0 Å². The number of aromatic hydroxyl groups is 2. The highest BCUT2D eigenvalue weighted by molar-refractivity contribution is 5.88. The van der Waals surface area contributed by atoms with Gasteiger partial charge in [0.25, 0.3) is 0 Å². The van der Waals surface area contributed by atoms with Crippen LogP contribution in [0.2, 0.25) is 0 Å². The predicted octanol–water partition coefficient (Wildman–Crippen LogP) is 2.35. The Labute approximate surface area is 136 Å². The largest absolute Gasteiger partial charge is 0.508 e. The number of hydrogen-bond donors (Lipinski definition) is 2. The summed E-state index contributed by atoms with van der Waals surface area (Å²) in [7, 11) is 0. The van der Waals surface area contributed by atoms with E-state index >= 15 is 0 Å². The predicted molar refractivity (Wildman–Crippen MR) is 85.1 cm³/mol. The average Bonchev–Trinajstić information content (AvgIpc) is 2.62. The van der Waals surface area contributed by atoms with Crippen LogP contribution >= 0.6 is 0 Å². The molecule has 0 saturated carbocycles. The highest BCUT2D eigenvalue weighted by Crippen LogP contribution is 2.42. The lowest BCUT2D eigenvalue weighted by Gasteiger charge is -2.26. The van der Waals surface area contributed by atoms with Crippen molar-refractivity contribution in [2.45, 2.75) is 6.10 Å². The summed E-state index contributed by atoms with van der Waals surface area (Å²) in [5, 5.41) is 33.9. The molecule has 1 unspecified atom stereocenters. The van der Waals surface area contributed by atoms with Gasteiger partial charge in [0.2, 0.25) is 0 Å². The second-order valence-corrected chi connectivity index (χ2v) is 5.31. The fourth-order valence-corrected chi connectivity index (χ4v) is 2.61. The molecule has 118 valence electrons. The highest BCUT2D eigenvalue weighted by Gasteiger charge is 2.27. The van der Waals surface area contributed by atoms with E-state index < -0.39 is 6.10 Å². The number of rotatable bonds is 2. The molecular formula is C17H12N4O3. The fourth-order valence-electron chi connectivity index (χ4n) is 2.61. The number of aromatic nitrogens is 4. The lowest BCUT2D eigenvalue weighted by Crippen LogP contribution is -2.16. The molecule has 0 bridgehead atoms. The number of benzene rings is 2. The third kappa shape index (κ3) is 2.52. The Morgan fingerprint density at radius 1 is 0.917 bits per heavy atom. The number of fused-ring (bicyclic) bond motifs is 1. The quantitative estimate of drug-likeness (QED) is 0.747. The van der Waals surface area contributed by atoms with Crippen LogP contribution in [0.25, 0.3) is 11.6 Å². The van der Waals surface area contributed by atoms with Crippen LogP contribution in [-0.2, 0) is 0 Å². The Balaban J connectivity index is 1.87. The summed E-state index contributed by atoms with van der Waals surface area (Å²) in [6.45, 7) is 0. The second kappa shape index (κ2) is 5.62. The minimum Gasteiger partial charge on any atom is -0.508 e. The Kier molecular flexibility index (Phi) is 3.31. The van der Waals surface area contributed by atoms with Crippen LogP contribution in [0.15, 0.2) is 48.7 Å². The van der Waals surface area contributed by atoms with Crippen LogP contribution < -0.4 is 4.74 Å². The molecule has 1 aliphatic rings. The van der Waals surface area contributed by atoms with Crippen molar-refractivity contribution in [3.05, 3.63) is 65.5 Å². The molecule has 1 aliphatic heterocycles. The molecule has 0 spiro atoms. The summed E-state index contributed by atoms with van der Waals surface area (Å²) in [5.41, 5.74) is 3.05. The zero-order chi connectivity index (χ0) is 16.5. The van der Waals surface area contributed by atoms with Gasteiger partial charge in [-0.15, -0.1) is 10.2 Å². The molecule has 2 heterocycles. The maximum Gasteiger partial charge on any atom is 0.170 e. The van der Waals surface area contributed by atoms with Gasteiger partial charge in [0.05, 0.1) is 6.20 Å². The minimum atomic E-state index is -0.549. The van der Waals surface area contributed by atoms with Gasteiger partial charge < -0.3 is 14.9 Å². The monoisotopic (exact) mass is 320 g/mol. The summed E-state index contributed by atoms with van der Waals surface area (Å²) in [6, 6.07) is 11.7. The first-order valence-electron chi connectivity index (χ1n) is 7.22. The van der Waals surface area contributed by atoms with Gasteiger partial charge in [-0.25, -0.2) is 0 Å². The van der Waals surface area contributed by atoms with Crippen LogP contribution in [0.3, 0.4) is 0 Å². The third-order valence-electron chi connectivity index (χ3n) is 3.75. The van der Waals surface area contributed by atoms with Crippen molar-refractivity contribution in [1.29, 1.82) is 0 Å². The fraction of sp³-hybridized carbons (Fsp3) is 0.0588. The standard InChI is InChI=1S/C17H12N4O3/c22-12-4-1-10(2-5-12)14-7-11-3-6-13(23)8-16(11)24-17(14)15-9-18-20-21-19-15/h1-9,17,22-23H. The molecule has 7 nitrogen and oxygen atoms in total. The van der Waals surface area contributed by atoms with E-state index in [4.69, 9.17) is 4.74 Å². The van der Waals surface area contributed by atoms with Gasteiger partial charge in [0, 0.05) is 17.2 Å². The molecule has 0 fully saturated rings. The van der Waals surface area contributed by atoms with Crippen LogP contribution in [0.1, 0.15) is 22.9 Å². The number of phenols is 2. The first kappa shape index (κ1) is 14.1. The summed E-state index contributed by atoms with van der Waals surface area (Å²) >= 11 is 0. The Morgan fingerprint density at radius 3 is 2.46 bits per heavy atom. The molecule has 0 aliphatic carbocycles. The normalized spacial score (nSPS) is 16.0. The molecule has 2 aromatic carbocycles. The van der Waals surface area contributed by atoms with E-state index in [0.717, 1.165) is 16.7 Å². The Hall–Kier alpha value is -3.48. The SMILES string of the molecule is Oc1ccc(C2=Cc3ccc(O)cc3OC2c2cnnnn2)cc1. The minimum absolute atomic E-state index is 0.118. The Morgan fingerprint density at radius 2 is 1.71 bits per heavy atom. The van der Waals surface area contributed by atoms with Crippen molar-refractivity contribution in [1.82, 2.24) is 20.6 Å². The number of ether oxygens (including phenoxy) is 1. The summed E-state index contributed by atoms with van der Waals surface area (Å²) in [5.74, 6) is 0.845. The molecule has 1 atom stereocenters. The molecule has 7 heteroatoms. The molecule has 0 saturated heterocycles. The van der Waals surface area contributed by atoms with Crippen LogP contribution in [0.4, 0.5) is 0 Å². The van der Waals surface area contributed by atoms with E-state index in [1.165, 1.54) is 6.20 Å². The Bertz CT molecular complexity index is 911. The zero-order valence-electron chi connectivity index (χ0n) is 12.4. The lowest BCUT2D eigenvalue weighted by molar-refractivity contribution is 0.252. The van der Waals surface area contributed by atoms with Crippen molar-refractivity contribution in [3.8, 4) is 17.2 Å². The second-order valence-electron chi connectivity index (χ2n) is 5.31. The van der Waals surface area contributed by atoms with Crippen molar-refractivity contribution < 1.29 is 14.9 Å². The molecule has 2 N–H and O–H groups in total. The molecule has 24 heavy (non-hydrogen) atoms. The van der Waals surface area contributed by atoms with Crippen molar-refractivity contribution in [2.24, 2.45) is 0 Å². The highest BCUT2D eigenvalue weighted by atomic mass is 16.5. The molecule has 0 radical (unpaired) electrons. The van der Waals surface area contributed by atoms with E-state index in [2.05, 4.69) is 20.6 Å². The van der Waals surface area contributed by atoms with Crippen LogP contribution in [0.5, 0.6) is 17.2 Å². The summed E-state index contributed by atoms with van der Waals surface area (Å²) in [6.07, 6.45) is 2.89. The van der Waals surface area contributed by atoms with E-state index in [1.54, 1.807) is 42.5 Å². The van der Waals surface area contributed by atoms with Crippen LogP contribution in [0, 0.1) is 0 Å².